The summed E-state index contributed by atoms with van der Waals surface area (Å²) in [6.07, 6.45) is 4.04. The van der Waals surface area contributed by atoms with Gasteiger partial charge in [-0.05, 0) is 62.0 Å². The number of amides is 1. The molecule has 1 fully saturated rings. The van der Waals surface area contributed by atoms with Crippen LogP contribution in [0.25, 0.3) is 0 Å². The molecule has 3 rings (SSSR count). The molecule has 0 radical (unpaired) electrons. The molecule has 1 amide bonds. The van der Waals surface area contributed by atoms with Gasteiger partial charge in [-0.15, -0.1) is 0 Å². The Morgan fingerprint density at radius 1 is 1.27 bits per heavy atom. The van der Waals surface area contributed by atoms with E-state index in [2.05, 4.69) is 12.2 Å². The van der Waals surface area contributed by atoms with Crippen molar-refractivity contribution in [3.63, 3.8) is 0 Å². The molecule has 2 aliphatic rings. The predicted octanol–water partition coefficient (Wildman–Crippen LogP) is 3.47. The number of nitrogens with zero attached hydrogens (tertiary/aromatic N) is 1. The van der Waals surface area contributed by atoms with Gasteiger partial charge in [-0.1, -0.05) is 19.9 Å². The van der Waals surface area contributed by atoms with E-state index in [0.717, 1.165) is 25.7 Å². The van der Waals surface area contributed by atoms with Crippen LogP contribution in [0.5, 0.6) is 5.75 Å². The van der Waals surface area contributed by atoms with E-state index in [-0.39, 0.29) is 35.4 Å². The highest BCUT2D eigenvalue weighted by molar-refractivity contribution is 5.99. The van der Waals surface area contributed by atoms with Crippen molar-refractivity contribution in [2.75, 3.05) is 13.7 Å². The van der Waals surface area contributed by atoms with E-state index in [1.807, 2.05) is 13.8 Å². The van der Waals surface area contributed by atoms with Crippen LogP contribution in [0, 0.1) is 23.6 Å². The number of hydrogen-bond acceptors (Lipinski definition) is 5. The molecule has 1 saturated carbocycles. The Balaban J connectivity index is 1.52. The second-order valence-electron chi connectivity index (χ2n) is 9.10. The topological polar surface area (TPSA) is 78.9 Å². The lowest BCUT2D eigenvalue weighted by Gasteiger charge is -2.36. The average Bonchev–Trinajstić information content (AvgIpc) is 3.04. The Kier molecular flexibility index (Phi) is 7.01. The van der Waals surface area contributed by atoms with E-state index < -0.39 is 11.6 Å². The number of nitrogens with one attached hydrogen (secondary N) is 1. The van der Waals surface area contributed by atoms with E-state index in [0.29, 0.717) is 30.5 Å². The van der Waals surface area contributed by atoms with Crippen molar-refractivity contribution in [2.24, 2.45) is 17.8 Å². The number of aromatic hydroxyl groups is 1. The molecule has 6 nitrogen and oxygen atoms in total. The molecule has 7 heteroatoms. The first-order chi connectivity index (χ1) is 14.2. The number of carbonyl (C=O) groups excluding carboxylic acids is 2. The molecule has 0 spiro atoms. The summed E-state index contributed by atoms with van der Waals surface area (Å²) in [6.45, 7) is 7.15. The first kappa shape index (κ1) is 22.5. The van der Waals surface area contributed by atoms with Crippen LogP contribution >= 0.6 is 0 Å². The van der Waals surface area contributed by atoms with Crippen LogP contribution in [0.1, 0.15) is 62.4 Å². The summed E-state index contributed by atoms with van der Waals surface area (Å²) in [5.41, 5.74) is 0.661. The number of fused-ring (bicyclic) bond motifs is 1. The van der Waals surface area contributed by atoms with Crippen molar-refractivity contribution in [3.05, 3.63) is 29.1 Å². The van der Waals surface area contributed by atoms with Crippen LogP contribution in [0.2, 0.25) is 0 Å². The summed E-state index contributed by atoms with van der Waals surface area (Å²) in [6, 6.07) is 2.83. The molecule has 0 aromatic heterocycles. The van der Waals surface area contributed by atoms with Crippen molar-refractivity contribution < 1.29 is 23.8 Å². The number of phenols is 1. The van der Waals surface area contributed by atoms with Crippen molar-refractivity contribution in [2.45, 2.75) is 65.1 Å². The van der Waals surface area contributed by atoms with Crippen LogP contribution in [0.15, 0.2) is 12.1 Å². The third kappa shape index (κ3) is 4.61. The number of ether oxygens (including phenoxy) is 1. The zero-order chi connectivity index (χ0) is 22.0. The van der Waals surface area contributed by atoms with Crippen molar-refractivity contribution in [1.82, 2.24) is 10.2 Å². The average molecular weight is 421 g/mol. The van der Waals surface area contributed by atoms with Crippen LogP contribution in [0.3, 0.4) is 0 Å². The first-order valence-corrected chi connectivity index (χ1v) is 10.9. The fourth-order valence-corrected chi connectivity index (χ4v) is 4.81. The van der Waals surface area contributed by atoms with E-state index in [9.17, 15) is 19.1 Å². The maximum Gasteiger partial charge on any atom is 0.323 e. The molecule has 1 aliphatic carbocycles. The van der Waals surface area contributed by atoms with E-state index in [1.165, 1.54) is 13.2 Å². The van der Waals surface area contributed by atoms with Gasteiger partial charge in [0.1, 0.15) is 6.04 Å². The van der Waals surface area contributed by atoms with E-state index in [4.69, 9.17) is 4.74 Å². The van der Waals surface area contributed by atoms with Crippen LogP contribution in [-0.2, 0) is 16.1 Å². The maximum atomic E-state index is 14.2. The Bertz CT molecular complexity index is 790. The Morgan fingerprint density at radius 2 is 1.93 bits per heavy atom. The minimum atomic E-state index is -0.811. The smallest absolute Gasteiger partial charge is 0.323 e. The second-order valence-corrected chi connectivity index (χ2v) is 9.10. The molecular formula is C23H33FN2O4. The Labute approximate surface area is 177 Å². The van der Waals surface area contributed by atoms with E-state index >= 15 is 0 Å². The molecule has 1 aliphatic heterocycles. The van der Waals surface area contributed by atoms with Gasteiger partial charge >= 0.3 is 5.97 Å². The number of phenolic OH excluding ortho intramolecular Hbond substituents is 1. The van der Waals surface area contributed by atoms with Crippen molar-refractivity contribution in [3.8, 4) is 5.75 Å². The zero-order valence-corrected chi connectivity index (χ0v) is 18.3. The molecular weight excluding hydrogens is 387 g/mol. The molecule has 1 heterocycles. The van der Waals surface area contributed by atoms with Gasteiger partial charge in [-0.3, -0.25) is 9.59 Å². The molecule has 30 heavy (non-hydrogen) atoms. The molecule has 166 valence electrons. The summed E-state index contributed by atoms with van der Waals surface area (Å²) in [5, 5.41) is 13.0. The van der Waals surface area contributed by atoms with Gasteiger partial charge in [0.05, 0.1) is 12.7 Å². The summed E-state index contributed by atoms with van der Waals surface area (Å²) >= 11 is 0. The highest BCUT2D eigenvalue weighted by atomic mass is 19.1. The second kappa shape index (κ2) is 9.33. The SMILES string of the molecule is COC(=O)[C@H](NC(C)C1CCC(CN2Cc3ccc(O)c(F)c3C2=O)CC1)C(C)C. The predicted molar refractivity (Wildman–Crippen MR) is 111 cm³/mol. The monoisotopic (exact) mass is 420 g/mol. The minimum Gasteiger partial charge on any atom is -0.505 e. The number of methoxy groups -OCH3 is 1. The fourth-order valence-electron chi connectivity index (χ4n) is 4.81. The van der Waals surface area contributed by atoms with Gasteiger partial charge in [0.15, 0.2) is 11.6 Å². The molecule has 0 bridgehead atoms. The number of esters is 1. The maximum absolute atomic E-state index is 14.2. The molecule has 1 aromatic rings. The summed E-state index contributed by atoms with van der Waals surface area (Å²) < 4.78 is 19.1. The van der Waals surface area contributed by atoms with Gasteiger partial charge in [0, 0.05) is 19.1 Å². The fraction of sp³-hybridized carbons (Fsp3) is 0.652. The summed E-state index contributed by atoms with van der Waals surface area (Å²) in [7, 11) is 1.42. The number of rotatable bonds is 7. The van der Waals surface area contributed by atoms with Crippen LogP contribution in [-0.4, -0.2) is 47.6 Å². The lowest BCUT2D eigenvalue weighted by Crippen LogP contribution is -2.49. The minimum absolute atomic E-state index is 0.0176. The summed E-state index contributed by atoms with van der Waals surface area (Å²) in [4.78, 5) is 26.3. The lowest BCUT2D eigenvalue weighted by atomic mass is 9.78. The quantitative estimate of drug-likeness (QED) is 0.661. The van der Waals surface area contributed by atoms with Crippen LogP contribution < -0.4 is 5.32 Å². The molecule has 2 atom stereocenters. The number of halogens is 1. The van der Waals surface area contributed by atoms with Crippen molar-refractivity contribution in [1.29, 1.82) is 0 Å². The van der Waals surface area contributed by atoms with Gasteiger partial charge in [0.25, 0.3) is 5.91 Å². The zero-order valence-electron chi connectivity index (χ0n) is 18.3. The standard InChI is InChI=1S/C23H33FN2O4/c1-13(2)21(23(29)30-4)25-14(3)16-7-5-15(6-8-16)11-26-12-17-9-10-18(27)20(24)19(17)22(26)28/h9-10,13-16,21,25,27H,5-8,11-12H2,1-4H3/t14?,15?,16?,21-/m1/s1. The van der Waals surface area contributed by atoms with Gasteiger partial charge < -0.3 is 20.1 Å². The highest BCUT2D eigenvalue weighted by Gasteiger charge is 2.35. The van der Waals surface area contributed by atoms with Crippen LogP contribution in [0.4, 0.5) is 4.39 Å². The third-order valence-electron chi connectivity index (χ3n) is 6.71. The molecule has 1 aromatic carbocycles. The van der Waals surface area contributed by atoms with Gasteiger partial charge in [0.2, 0.25) is 0 Å². The summed E-state index contributed by atoms with van der Waals surface area (Å²) in [5.74, 6) is -0.840. The normalized spacial score (nSPS) is 23.4. The Hall–Kier alpha value is -2.15. The third-order valence-corrected chi connectivity index (χ3v) is 6.71. The molecule has 2 N–H and O–H groups in total. The number of hydrogen-bond donors (Lipinski definition) is 2. The van der Waals surface area contributed by atoms with Gasteiger partial charge in [-0.2, -0.15) is 0 Å². The highest BCUT2D eigenvalue weighted by Crippen LogP contribution is 2.35. The van der Waals surface area contributed by atoms with Crippen molar-refractivity contribution >= 4 is 11.9 Å². The lowest BCUT2D eigenvalue weighted by molar-refractivity contribution is -0.144. The Morgan fingerprint density at radius 3 is 2.53 bits per heavy atom. The van der Waals surface area contributed by atoms with Gasteiger partial charge in [-0.25, -0.2) is 4.39 Å². The first-order valence-electron chi connectivity index (χ1n) is 10.9. The molecule has 1 unspecified atom stereocenters. The number of benzene rings is 1. The van der Waals surface area contributed by atoms with E-state index in [1.54, 1.807) is 11.0 Å². The molecule has 0 saturated heterocycles. The number of carbonyl (C=O) groups is 2. The largest absolute Gasteiger partial charge is 0.505 e.